The summed E-state index contributed by atoms with van der Waals surface area (Å²) >= 11 is 5.82. The zero-order chi connectivity index (χ0) is 19.0. The number of nitrogens with zero attached hydrogens (tertiary/aromatic N) is 2. The molecule has 2 aromatic carbocycles. The van der Waals surface area contributed by atoms with Crippen LogP contribution in [0.3, 0.4) is 0 Å². The third-order valence-corrected chi connectivity index (χ3v) is 5.97. The summed E-state index contributed by atoms with van der Waals surface area (Å²) in [4.78, 5) is 20.9. The molecule has 2 aliphatic rings. The van der Waals surface area contributed by atoms with Crippen molar-refractivity contribution >= 4 is 28.8 Å². The zero-order valence-electron chi connectivity index (χ0n) is 15.9. The summed E-state index contributed by atoms with van der Waals surface area (Å²) in [7, 11) is 0. The van der Waals surface area contributed by atoms with E-state index in [0.717, 1.165) is 42.5 Å². The van der Waals surface area contributed by atoms with E-state index in [4.69, 9.17) is 17.2 Å². The largest absolute Gasteiger partial charge is 0.271 e. The molecule has 0 atom stereocenters. The summed E-state index contributed by atoms with van der Waals surface area (Å²) < 4.78 is 0. The Morgan fingerprint density at radius 1 is 1.00 bits per heavy atom. The average molecular weight is 377 g/mol. The SMILES string of the molecule is Cc1ccc(C(=O)N2C(=S)C(c3cccc(C)c3)=NC23CCCCC3)cc1. The second kappa shape index (κ2) is 7.01. The van der Waals surface area contributed by atoms with Crippen LogP contribution in [-0.2, 0) is 0 Å². The van der Waals surface area contributed by atoms with Crippen molar-refractivity contribution < 1.29 is 4.79 Å². The molecule has 0 aromatic heterocycles. The average Bonchev–Trinajstić information content (AvgIpc) is 2.94. The number of benzene rings is 2. The number of carbonyl (C=O) groups is 1. The Morgan fingerprint density at radius 2 is 1.70 bits per heavy atom. The van der Waals surface area contributed by atoms with Gasteiger partial charge in [-0.05, 0) is 57.7 Å². The molecule has 1 aliphatic heterocycles. The van der Waals surface area contributed by atoms with E-state index in [1.54, 1.807) is 0 Å². The quantitative estimate of drug-likeness (QED) is 0.672. The lowest BCUT2D eigenvalue weighted by molar-refractivity contribution is 0.0648. The molecule has 1 aliphatic carbocycles. The Labute approximate surface area is 166 Å². The van der Waals surface area contributed by atoms with Crippen LogP contribution < -0.4 is 0 Å². The molecular weight excluding hydrogens is 352 g/mol. The standard InChI is InChI=1S/C23H24N2OS/c1-16-9-11-18(12-10-16)21(26)25-22(27)20(19-8-6-7-17(2)15-19)24-23(25)13-4-3-5-14-23/h6-12,15H,3-5,13-14H2,1-2H3. The van der Waals surface area contributed by atoms with E-state index in [1.165, 1.54) is 12.0 Å². The lowest BCUT2D eigenvalue weighted by Crippen LogP contribution is -2.50. The fourth-order valence-electron chi connectivity index (χ4n) is 4.14. The van der Waals surface area contributed by atoms with Crippen molar-refractivity contribution in [3.8, 4) is 0 Å². The fraction of sp³-hybridized carbons (Fsp3) is 0.348. The van der Waals surface area contributed by atoms with E-state index in [1.807, 2.05) is 48.2 Å². The number of aryl methyl sites for hydroxylation is 2. The molecule has 3 nitrogen and oxygen atoms in total. The van der Waals surface area contributed by atoms with Crippen molar-refractivity contribution in [2.24, 2.45) is 4.99 Å². The maximum absolute atomic E-state index is 13.5. The molecule has 2 aromatic rings. The highest BCUT2D eigenvalue weighted by Gasteiger charge is 2.48. The second-order valence-electron chi connectivity index (χ2n) is 7.68. The molecule has 27 heavy (non-hydrogen) atoms. The van der Waals surface area contributed by atoms with Gasteiger partial charge < -0.3 is 0 Å². The number of hydrogen-bond donors (Lipinski definition) is 0. The van der Waals surface area contributed by atoms with Gasteiger partial charge >= 0.3 is 0 Å². The maximum Gasteiger partial charge on any atom is 0.260 e. The van der Waals surface area contributed by atoms with E-state index < -0.39 is 5.66 Å². The lowest BCUT2D eigenvalue weighted by atomic mass is 9.88. The Balaban J connectivity index is 1.77. The number of hydrogen-bond acceptors (Lipinski definition) is 3. The van der Waals surface area contributed by atoms with Gasteiger partial charge in [-0.1, -0.05) is 60.1 Å². The van der Waals surface area contributed by atoms with Crippen LogP contribution in [0, 0.1) is 13.8 Å². The number of thiocarbonyl (C=S) groups is 1. The van der Waals surface area contributed by atoms with Gasteiger partial charge in [-0.2, -0.15) is 0 Å². The molecule has 0 bridgehead atoms. The highest BCUT2D eigenvalue weighted by Crippen LogP contribution is 2.41. The Hall–Kier alpha value is -2.33. The van der Waals surface area contributed by atoms with Crippen molar-refractivity contribution in [3.05, 3.63) is 70.8 Å². The van der Waals surface area contributed by atoms with Crippen molar-refractivity contribution in [3.63, 3.8) is 0 Å². The molecule has 1 spiro atoms. The van der Waals surface area contributed by atoms with E-state index in [2.05, 4.69) is 19.1 Å². The summed E-state index contributed by atoms with van der Waals surface area (Å²) in [5.41, 5.74) is 4.25. The molecule has 0 unspecified atom stereocenters. The van der Waals surface area contributed by atoms with Crippen LogP contribution in [0.15, 0.2) is 53.5 Å². The van der Waals surface area contributed by atoms with Crippen LogP contribution in [0.5, 0.6) is 0 Å². The zero-order valence-corrected chi connectivity index (χ0v) is 16.7. The third kappa shape index (κ3) is 3.23. The third-order valence-electron chi connectivity index (χ3n) is 5.59. The number of aliphatic imine (C=N–C) groups is 1. The normalized spacial score (nSPS) is 18.7. The summed E-state index contributed by atoms with van der Waals surface area (Å²) in [5, 5.41) is 0. The summed E-state index contributed by atoms with van der Waals surface area (Å²) in [5.74, 6) is -0.0340. The summed E-state index contributed by atoms with van der Waals surface area (Å²) in [6.45, 7) is 4.09. The lowest BCUT2D eigenvalue weighted by Gasteiger charge is -2.38. The van der Waals surface area contributed by atoms with Crippen molar-refractivity contribution in [1.29, 1.82) is 0 Å². The minimum atomic E-state index is -0.517. The minimum absolute atomic E-state index is 0.0340. The Kier molecular flexibility index (Phi) is 4.68. The van der Waals surface area contributed by atoms with Gasteiger partial charge in [-0.3, -0.25) is 14.7 Å². The van der Waals surface area contributed by atoms with Gasteiger partial charge in [-0.25, -0.2) is 0 Å². The molecule has 0 saturated heterocycles. The molecule has 4 rings (SSSR count). The first-order valence-electron chi connectivity index (χ1n) is 9.63. The molecule has 1 amide bonds. The van der Waals surface area contributed by atoms with Gasteiger partial charge in [0.25, 0.3) is 5.91 Å². The van der Waals surface area contributed by atoms with E-state index in [0.29, 0.717) is 10.6 Å². The van der Waals surface area contributed by atoms with E-state index >= 15 is 0 Å². The number of carbonyl (C=O) groups excluding carboxylic acids is 1. The van der Waals surface area contributed by atoms with Crippen molar-refractivity contribution in [2.45, 2.75) is 51.6 Å². The van der Waals surface area contributed by atoms with Crippen LogP contribution in [0.25, 0.3) is 0 Å². The predicted octanol–water partition coefficient (Wildman–Crippen LogP) is 5.24. The molecule has 1 heterocycles. The molecule has 0 N–H and O–H groups in total. The second-order valence-corrected chi connectivity index (χ2v) is 8.07. The van der Waals surface area contributed by atoms with Gasteiger partial charge in [0.1, 0.15) is 16.4 Å². The van der Waals surface area contributed by atoms with E-state index in [-0.39, 0.29) is 5.91 Å². The predicted molar refractivity (Wildman–Crippen MR) is 113 cm³/mol. The first-order valence-corrected chi connectivity index (χ1v) is 10.0. The summed E-state index contributed by atoms with van der Waals surface area (Å²) in [6, 6.07) is 15.9. The monoisotopic (exact) mass is 376 g/mol. The topological polar surface area (TPSA) is 32.7 Å². The number of rotatable bonds is 2. The van der Waals surface area contributed by atoms with E-state index in [9.17, 15) is 4.79 Å². The molecule has 1 fully saturated rings. The molecular formula is C23H24N2OS. The Bertz CT molecular complexity index is 924. The maximum atomic E-state index is 13.5. The molecule has 4 heteroatoms. The van der Waals surface area contributed by atoms with Gasteiger partial charge in [0.05, 0.1) is 0 Å². The Morgan fingerprint density at radius 3 is 2.37 bits per heavy atom. The molecule has 1 saturated carbocycles. The van der Waals surface area contributed by atoms with Gasteiger partial charge in [0, 0.05) is 11.1 Å². The molecule has 138 valence electrons. The van der Waals surface area contributed by atoms with Gasteiger partial charge in [-0.15, -0.1) is 0 Å². The first-order chi connectivity index (χ1) is 13.0. The van der Waals surface area contributed by atoms with Crippen LogP contribution in [0.1, 0.15) is 59.2 Å². The number of amides is 1. The van der Waals surface area contributed by atoms with Crippen molar-refractivity contribution in [2.75, 3.05) is 0 Å². The van der Waals surface area contributed by atoms with Crippen LogP contribution in [0.4, 0.5) is 0 Å². The van der Waals surface area contributed by atoms with Crippen LogP contribution in [-0.4, -0.2) is 27.2 Å². The van der Waals surface area contributed by atoms with Crippen molar-refractivity contribution in [1.82, 2.24) is 4.90 Å². The summed E-state index contributed by atoms with van der Waals surface area (Å²) in [6.07, 6.45) is 5.09. The highest BCUT2D eigenvalue weighted by atomic mass is 32.1. The molecule has 0 radical (unpaired) electrons. The van der Waals surface area contributed by atoms with Gasteiger partial charge in [0.15, 0.2) is 0 Å². The van der Waals surface area contributed by atoms with Crippen LogP contribution in [0.2, 0.25) is 0 Å². The minimum Gasteiger partial charge on any atom is -0.271 e. The smallest absolute Gasteiger partial charge is 0.260 e. The van der Waals surface area contributed by atoms with Gasteiger partial charge in [0.2, 0.25) is 0 Å². The van der Waals surface area contributed by atoms with Crippen LogP contribution >= 0.6 is 12.2 Å². The fourth-order valence-corrected chi connectivity index (χ4v) is 4.56. The first kappa shape index (κ1) is 18.1. The highest BCUT2D eigenvalue weighted by molar-refractivity contribution is 7.82.